The molecule has 0 aromatic carbocycles. The molecule has 0 bridgehead atoms. The molecule has 0 saturated heterocycles. The predicted octanol–water partition coefficient (Wildman–Crippen LogP) is 2.42. The van der Waals surface area contributed by atoms with Crippen molar-refractivity contribution in [2.45, 2.75) is 20.3 Å². The van der Waals surface area contributed by atoms with Crippen LogP contribution in [0.3, 0.4) is 0 Å². The summed E-state index contributed by atoms with van der Waals surface area (Å²) in [6, 6.07) is 4.14. The minimum absolute atomic E-state index is 0.706. The molecule has 16 heavy (non-hydrogen) atoms. The third-order valence-electron chi connectivity index (χ3n) is 2.88. The fourth-order valence-electron chi connectivity index (χ4n) is 2.01. The average Bonchev–Trinajstić information content (AvgIpc) is 2.28. The van der Waals surface area contributed by atoms with Crippen molar-refractivity contribution in [1.29, 1.82) is 5.26 Å². The molecule has 3 heteroatoms. The van der Waals surface area contributed by atoms with E-state index in [4.69, 9.17) is 5.26 Å². The zero-order chi connectivity index (χ0) is 11.5. The molecule has 0 atom stereocenters. The number of nitrogens with zero attached hydrogens (tertiary/aromatic N) is 3. The minimum Gasteiger partial charge on any atom is -0.351 e. The standard InChI is InChI=1S/C13H15N3/c1-10-4-3-7-16(9-10)13-12(8-14)11(2)5-6-15-13/h4-6H,3,7,9H2,1-2H3. The number of hydrogen-bond donors (Lipinski definition) is 0. The maximum Gasteiger partial charge on any atom is 0.147 e. The molecule has 0 unspecified atom stereocenters. The third-order valence-corrected chi connectivity index (χ3v) is 2.88. The Hall–Kier alpha value is -1.82. The summed E-state index contributed by atoms with van der Waals surface area (Å²) < 4.78 is 0. The Bertz CT molecular complexity index is 469. The Morgan fingerprint density at radius 1 is 1.44 bits per heavy atom. The lowest BCUT2D eigenvalue weighted by Crippen LogP contribution is -2.30. The molecule has 1 aromatic heterocycles. The summed E-state index contributed by atoms with van der Waals surface area (Å²) in [6.45, 7) is 5.90. The zero-order valence-corrected chi connectivity index (χ0v) is 9.70. The third kappa shape index (κ3) is 1.92. The number of pyridine rings is 1. The molecule has 1 aromatic rings. The van der Waals surface area contributed by atoms with Crippen molar-refractivity contribution in [3.63, 3.8) is 0 Å². The van der Waals surface area contributed by atoms with E-state index < -0.39 is 0 Å². The molecular formula is C13H15N3. The number of hydrogen-bond acceptors (Lipinski definition) is 3. The molecule has 0 radical (unpaired) electrons. The van der Waals surface area contributed by atoms with Gasteiger partial charge in [0.25, 0.3) is 0 Å². The van der Waals surface area contributed by atoms with E-state index >= 15 is 0 Å². The van der Waals surface area contributed by atoms with E-state index in [1.807, 2.05) is 13.0 Å². The number of aromatic nitrogens is 1. The lowest BCUT2D eigenvalue weighted by Gasteiger charge is -2.28. The number of aryl methyl sites for hydroxylation is 1. The monoisotopic (exact) mass is 213 g/mol. The van der Waals surface area contributed by atoms with E-state index in [0.29, 0.717) is 5.56 Å². The van der Waals surface area contributed by atoms with Crippen molar-refractivity contribution >= 4 is 5.82 Å². The normalized spacial score (nSPS) is 15.6. The van der Waals surface area contributed by atoms with E-state index in [1.54, 1.807) is 6.20 Å². The molecule has 0 aliphatic carbocycles. The second kappa shape index (κ2) is 4.36. The van der Waals surface area contributed by atoms with E-state index in [0.717, 1.165) is 30.9 Å². The van der Waals surface area contributed by atoms with Crippen LogP contribution in [0.4, 0.5) is 5.82 Å². The predicted molar refractivity (Wildman–Crippen MR) is 64.3 cm³/mol. The quantitative estimate of drug-likeness (QED) is 0.672. The van der Waals surface area contributed by atoms with Gasteiger partial charge in [-0.2, -0.15) is 5.26 Å². The van der Waals surface area contributed by atoms with Gasteiger partial charge in [-0.05, 0) is 31.9 Å². The van der Waals surface area contributed by atoms with Crippen LogP contribution in [0.15, 0.2) is 23.9 Å². The van der Waals surface area contributed by atoms with Crippen LogP contribution in [-0.4, -0.2) is 18.1 Å². The number of nitriles is 1. The highest BCUT2D eigenvalue weighted by molar-refractivity contribution is 5.58. The van der Waals surface area contributed by atoms with Crippen molar-refractivity contribution in [1.82, 2.24) is 4.98 Å². The zero-order valence-electron chi connectivity index (χ0n) is 9.70. The molecule has 1 aliphatic rings. The van der Waals surface area contributed by atoms with Crippen LogP contribution in [0.5, 0.6) is 0 Å². The molecule has 2 rings (SSSR count). The Morgan fingerprint density at radius 3 is 2.94 bits per heavy atom. The summed E-state index contributed by atoms with van der Waals surface area (Å²) in [5, 5.41) is 9.16. The molecule has 0 fully saturated rings. The average molecular weight is 213 g/mol. The highest BCUT2D eigenvalue weighted by Gasteiger charge is 2.16. The lowest BCUT2D eigenvalue weighted by molar-refractivity contribution is 0.776. The van der Waals surface area contributed by atoms with Gasteiger partial charge in [0, 0.05) is 19.3 Å². The molecule has 1 aliphatic heterocycles. The molecule has 0 amide bonds. The largest absolute Gasteiger partial charge is 0.351 e. The summed E-state index contributed by atoms with van der Waals surface area (Å²) >= 11 is 0. The molecule has 0 spiro atoms. The van der Waals surface area contributed by atoms with Gasteiger partial charge in [0.1, 0.15) is 11.9 Å². The maximum absolute atomic E-state index is 9.16. The second-order valence-corrected chi connectivity index (χ2v) is 4.20. The second-order valence-electron chi connectivity index (χ2n) is 4.20. The summed E-state index contributed by atoms with van der Waals surface area (Å²) in [7, 11) is 0. The van der Waals surface area contributed by atoms with Gasteiger partial charge in [-0.3, -0.25) is 0 Å². The van der Waals surface area contributed by atoms with E-state index in [-0.39, 0.29) is 0 Å². The molecule has 82 valence electrons. The van der Waals surface area contributed by atoms with Gasteiger partial charge in [0.2, 0.25) is 0 Å². The van der Waals surface area contributed by atoms with E-state index in [1.165, 1.54) is 5.57 Å². The highest BCUT2D eigenvalue weighted by Crippen LogP contribution is 2.23. The van der Waals surface area contributed by atoms with Gasteiger partial charge in [0.05, 0.1) is 5.56 Å². The fraction of sp³-hybridized carbons (Fsp3) is 0.385. The van der Waals surface area contributed by atoms with Gasteiger partial charge in [-0.1, -0.05) is 11.6 Å². The molecule has 0 saturated carbocycles. The number of rotatable bonds is 1. The minimum atomic E-state index is 0.706. The molecule has 0 N–H and O–H groups in total. The summed E-state index contributed by atoms with van der Waals surface area (Å²) in [6.07, 6.45) is 5.06. The first-order valence-corrected chi connectivity index (χ1v) is 5.48. The van der Waals surface area contributed by atoms with Gasteiger partial charge in [-0.25, -0.2) is 4.98 Å². The first-order valence-electron chi connectivity index (χ1n) is 5.48. The van der Waals surface area contributed by atoms with Crippen molar-refractivity contribution in [2.24, 2.45) is 0 Å². The van der Waals surface area contributed by atoms with Gasteiger partial charge >= 0.3 is 0 Å². The van der Waals surface area contributed by atoms with E-state index in [2.05, 4.69) is 29.0 Å². The van der Waals surface area contributed by atoms with Crippen LogP contribution in [0.1, 0.15) is 24.5 Å². The molecular weight excluding hydrogens is 198 g/mol. The SMILES string of the molecule is CC1=CCCN(c2nccc(C)c2C#N)C1. The van der Waals surface area contributed by atoms with Crippen molar-refractivity contribution in [3.05, 3.63) is 35.0 Å². The number of anilines is 1. The van der Waals surface area contributed by atoms with Crippen LogP contribution < -0.4 is 4.90 Å². The van der Waals surface area contributed by atoms with Crippen LogP contribution in [-0.2, 0) is 0 Å². The van der Waals surface area contributed by atoms with Crippen molar-refractivity contribution in [3.8, 4) is 6.07 Å². The smallest absolute Gasteiger partial charge is 0.147 e. The van der Waals surface area contributed by atoms with Crippen LogP contribution in [0, 0.1) is 18.3 Å². The molecule has 2 heterocycles. The highest BCUT2D eigenvalue weighted by atomic mass is 15.2. The Morgan fingerprint density at radius 2 is 2.25 bits per heavy atom. The Labute approximate surface area is 96.0 Å². The van der Waals surface area contributed by atoms with Crippen LogP contribution >= 0.6 is 0 Å². The van der Waals surface area contributed by atoms with Crippen LogP contribution in [0.2, 0.25) is 0 Å². The first kappa shape index (κ1) is 10.7. The van der Waals surface area contributed by atoms with Gasteiger partial charge in [-0.15, -0.1) is 0 Å². The van der Waals surface area contributed by atoms with Crippen molar-refractivity contribution < 1.29 is 0 Å². The topological polar surface area (TPSA) is 39.9 Å². The van der Waals surface area contributed by atoms with Gasteiger partial charge < -0.3 is 4.90 Å². The first-order chi connectivity index (χ1) is 7.72. The summed E-state index contributed by atoms with van der Waals surface area (Å²) in [5.74, 6) is 0.829. The maximum atomic E-state index is 9.16. The summed E-state index contributed by atoms with van der Waals surface area (Å²) in [5.41, 5.74) is 3.05. The Kier molecular flexibility index (Phi) is 2.91. The van der Waals surface area contributed by atoms with Gasteiger partial charge in [0.15, 0.2) is 0 Å². The van der Waals surface area contributed by atoms with Crippen molar-refractivity contribution in [2.75, 3.05) is 18.0 Å². The fourth-order valence-corrected chi connectivity index (χ4v) is 2.01. The van der Waals surface area contributed by atoms with Crippen LogP contribution in [0.25, 0.3) is 0 Å². The summed E-state index contributed by atoms with van der Waals surface area (Å²) in [4.78, 5) is 6.53. The Balaban J connectivity index is 2.38. The molecule has 3 nitrogen and oxygen atoms in total. The van der Waals surface area contributed by atoms with E-state index in [9.17, 15) is 0 Å². The lowest BCUT2D eigenvalue weighted by atomic mass is 10.1.